The number of hydrogen-bond donors (Lipinski definition) is 1. The Balaban J connectivity index is 2.02. The summed E-state index contributed by atoms with van der Waals surface area (Å²) in [6, 6.07) is 9.26. The highest BCUT2D eigenvalue weighted by Crippen LogP contribution is 2.17. The second kappa shape index (κ2) is 6.35. The molecule has 2 unspecified atom stereocenters. The topological polar surface area (TPSA) is 62.1 Å². The van der Waals surface area contributed by atoms with Gasteiger partial charge in [0.2, 0.25) is 5.91 Å². The van der Waals surface area contributed by atoms with Crippen LogP contribution >= 0.6 is 0 Å². The molecule has 1 fully saturated rings. The van der Waals surface area contributed by atoms with E-state index in [2.05, 4.69) is 18.3 Å². The number of nitriles is 1. The van der Waals surface area contributed by atoms with E-state index in [-0.39, 0.29) is 5.91 Å². The Morgan fingerprint density at radius 2 is 2.26 bits per heavy atom. The SMILES string of the molecule is CCc1ccc(C(C#N)NC(=O)C2CCCO2)cc1. The summed E-state index contributed by atoms with van der Waals surface area (Å²) < 4.78 is 5.31. The van der Waals surface area contributed by atoms with Crippen molar-refractivity contribution in [3.05, 3.63) is 35.4 Å². The van der Waals surface area contributed by atoms with E-state index in [9.17, 15) is 10.1 Å². The van der Waals surface area contributed by atoms with E-state index >= 15 is 0 Å². The van der Waals surface area contributed by atoms with Crippen molar-refractivity contribution < 1.29 is 9.53 Å². The van der Waals surface area contributed by atoms with Gasteiger partial charge >= 0.3 is 0 Å². The Bertz CT molecular complexity index is 470. The van der Waals surface area contributed by atoms with Crippen LogP contribution in [0.5, 0.6) is 0 Å². The number of benzene rings is 1. The first kappa shape index (κ1) is 13.6. The van der Waals surface area contributed by atoms with Crippen LogP contribution in [0.25, 0.3) is 0 Å². The lowest BCUT2D eigenvalue weighted by atomic mass is 10.0. The molecule has 0 saturated carbocycles. The molecular formula is C15H18N2O2. The molecule has 1 N–H and O–H groups in total. The van der Waals surface area contributed by atoms with Gasteiger partial charge < -0.3 is 10.1 Å². The van der Waals surface area contributed by atoms with Crippen molar-refractivity contribution in [3.63, 3.8) is 0 Å². The van der Waals surface area contributed by atoms with Gasteiger partial charge in [0.1, 0.15) is 12.1 Å². The lowest BCUT2D eigenvalue weighted by Crippen LogP contribution is -2.36. The van der Waals surface area contributed by atoms with Gasteiger partial charge in [-0.15, -0.1) is 0 Å². The van der Waals surface area contributed by atoms with Crippen LogP contribution in [0.2, 0.25) is 0 Å². The number of hydrogen-bond acceptors (Lipinski definition) is 3. The third-order valence-electron chi connectivity index (χ3n) is 3.36. The van der Waals surface area contributed by atoms with Crippen LogP contribution < -0.4 is 5.32 Å². The number of aryl methyl sites for hydroxylation is 1. The number of amides is 1. The smallest absolute Gasteiger partial charge is 0.250 e. The van der Waals surface area contributed by atoms with Crippen molar-refractivity contribution in [1.82, 2.24) is 5.32 Å². The van der Waals surface area contributed by atoms with Gasteiger partial charge in [-0.3, -0.25) is 4.79 Å². The predicted octanol–water partition coefficient (Wildman–Crippen LogP) is 2.11. The number of ether oxygens (including phenoxy) is 1. The molecular weight excluding hydrogens is 240 g/mol. The van der Waals surface area contributed by atoms with Gasteiger partial charge in [-0.2, -0.15) is 5.26 Å². The molecule has 0 bridgehead atoms. The third-order valence-corrected chi connectivity index (χ3v) is 3.36. The largest absolute Gasteiger partial charge is 0.368 e. The monoisotopic (exact) mass is 258 g/mol. The molecule has 2 atom stereocenters. The normalized spacial score (nSPS) is 19.7. The zero-order chi connectivity index (χ0) is 13.7. The molecule has 4 nitrogen and oxygen atoms in total. The first-order chi connectivity index (χ1) is 9.24. The summed E-state index contributed by atoms with van der Waals surface area (Å²) in [4.78, 5) is 11.9. The highest BCUT2D eigenvalue weighted by Gasteiger charge is 2.25. The Kier molecular flexibility index (Phi) is 4.53. The average molecular weight is 258 g/mol. The Labute approximate surface area is 113 Å². The van der Waals surface area contributed by atoms with E-state index in [4.69, 9.17) is 4.74 Å². The van der Waals surface area contributed by atoms with E-state index in [0.29, 0.717) is 6.61 Å². The number of carbonyl (C=O) groups excluding carboxylic acids is 1. The van der Waals surface area contributed by atoms with E-state index in [0.717, 1.165) is 24.8 Å². The Morgan fingerprint density at radius 3 is 2.79 bits per heavy atom. The lowest BCUT2D eigenvalue weighted by Gasteiger charge is -2.15. The standard InChI is InChI=1S/C15H18N2O2/c1-2-11-5-7-12(8-6-11)13(10-16)17-15(18)14-4-3-9-19-14/h5-8,13-14H,2-4,9H2,1H3,(H,17,18). The third kappa shape index (κ3) is 3.33. The number of nitrogens with one attached hydrogen (secondary N) is 1. The summed E-state index contributed by atoms with van der Waals surface area (Å²) in [6.45, 7) is 2.70. The molecule has 4 heteroatoms. The predicted molar refractivity (Wildman–Crippen MR) is 71.3 cm³/mol. The summed E-state index contributed by atoms with van der Waals surface area (Å²) in [5, 5.41) is 11.9. The quantitative estimate of drug-likeness (QED) is 0.899. The van der Waals surface area contributed by atoms with Crippen LogP contribution in [0, 0.1) is 11.3 Å². The van der Waals surface area contributed by atoms with Crippen molar-refractivity contribution >= 4 is 5.91 Å². The molecule has 1 saturated heterocycles. The second-order valence-corrected chi connectivity index (χ2v) is 4.67. The molecule has 1 aromatic rings. The molecule has 1 aliphatic heterocycles. The fourth-order valence-electron chi connectivity index (χ4n) is 2.16. The van der Waals surface area contributed by atoms with Gasteiger partial charge in [-0.1, -0.05) is 31.2 Å². The van der Waals surface area contributed by atoms with Gasteiger partial charge in [0.15, 0.2) is 0 Å². The van der Waals surface area contributed by atoms with Crippen LogP contribution in [0.3, 0.4) is 0 Å². The number of carbonyl (C=O) groups is 1. The summed E-state index contributed by atoms with van der Waals surface area (Å²) >= 11 is 0. The summed E-state index contributed by atoms with van der Waals surface area (Å²) in [5.74, 6) is -0.191. The lowest BCUT2D eigenvalue weighted by molar-refractivity contribution is -0.130. The van der Waals surface area contributed by atoms with Gasteiger partial charge in [0, 0.05) is 6.61 Å². The van der Waals surface area contributed by atoms with Crippen molar-refractivity contribution in [2.75, 3.05) is 6.61 Å². The summed E-state index contributed by atoms with van der Waals surface area (Å²) in [5.41, 5.74) is 2.02. The van der Waals surface area contributed by atoms with Gasteiger partial charge in [0.05, 0.1) is 6.07 Å². The second-order valence-electron chi connectivity index (χ2n) is 4.67. The highest BCUT2D eigenvalue weighted by atomic mass is 16.5. The molecule has 100 valence electrons. The van der Waals surface area contributed by atoms with Crippen LogP contribution in [-0.2, 0) is 16.0 Å². The fourth-order valence-corrected chi connectivity index (χ4v) is 2.16. The van der Waals surface area contributed by atoms with Crippen molar-refractivity contribution in [2.24, 2.45) is 0 Å². The van der Waals surface area contributed by atoms with Gasteiger partial charge in [-0.05, 0) is 30.4 Å². The van der Waals surface area contributed by atoms with E-state index in [1.54, 1.807) is 0 Å². The van der Waals surface area contributed by atoms with E-state index in [1.165, 1.54) is 5.56 Å². The van der Waals surface area contributed by atoms with Crippen molar-refractivity contribution in [2.45, 2.75) is 38.3 Å². The molecule has 0 spiro atoms. The molecule has 1 heterocycles. The molecule has 19 heavy (non-hydrogen) atoms. The molecule has 1 aliphatic rings. The van der Waals surface area contributed by atoms with Crippen LogP contribution in [0.1, 0.15) is 36.9 Å². The minimum absolute atomic E-state index is 0.191. The van der Waals surface area contributed by atoms with Gasteiger partial charge in [0.25, 0.3) is 0 Å². The fraction of sp³-hybridized carbons (Fsp3) is 0.467. The number of nitrogens with zero attached hydrogens (tertiary/aromatic N) is 1. The Hall–Kier alpha value is -1.86. The zero-order valence-corrected chi connectivity index (χ0v) is 11.1. The summed E-state index contributed by atoms with van der Waals surface area (Å²) in [7, 11) is 0. The molecule has 2 rings (SSSR count). The molecule has 1 aromatic carbocycles. The Morgan fingerprint density at radius 1 is 1.53 bits per heavy atom. The minimum Gasteiger partial charge on any atom is -0.368 e. The maximum Gasteiger partial charge on any atom is 0.250 e. The van der Waals surface area contributed by atoms with Crippen LogP contribution in [-0.4, -0.2) is 18.6 Å². The molecule has 1 amide bonds. The number of rotatable bonds is 4. The maximum absolute atomic E-state index is 11.9. The molecule has 0 radical (unpaired) electrons. The van der Waals surface area contributed by atoms with E-state index in [1.807, 2.05) is 24.3 Å². The zero-order valence-electron chi connectivity index (χ0n) is 11.1. The first-order valence-corrected chi connectivity index (χ1v) is 6.65. The van der Waals surface area contributed by atoms with Crippen molar-refractivity contribution in [3.8, 4) is 6.07 Å². The first-order valence-electron chi connectivity index (χ1n) is 6.65. The minimum atomic E-state index is -0.609. The highest BCUT2D eigenvalue weighted by molar-refractivity contribution is 5.81. The van der Waals surface area contributed by atoms with Gasteiger partial charge in [-0.25, -0.2) is 0 Å². The average Bonchev–Trinajstić information content (AvgIpc) is 2.99. The molecule has 0 aliphatic carbocycles. The van der Waals surface area contributed by atoms with Crippen molar-refractivity contribution in [1.29, 1.82) is 5.26 Å². The molecule has 0 aromatic heterocycles. The van der Waals surface area contributed by atoms with E-state index < -0.39 is 12.1 Å². The maximum atomic E-state index is 11.9. The van der Waals surface area contributed by atoms with Crippen LogP contribution in [0.15, 0.2) is 24.3 Å². The summed E-state index contributed by atoms with van der Waals surface area (Å²) in [6.07, 6.45) is 2.20. The van der Waals surface area contributed by atoms with Crippen LogP contribution in [0.4, 0.5) is 0 Å².